The molecule has 1 aliphatic rings. The van der Waals surface area contributed by atoms with Crippen molar-refractivity contribution in [1.82, 2.24) is 5.32 Å². The number of ether oxygens (including phenoxy) is 1. The maximum atomic E-state index is 11.4. The van der Waals surface area contributed by atoms with Crippen LogP contribution < -0.4 is 10.1 Å². The fourth-order valence-electron chi connectivity index (χ4n) is 1.44. The van der Waals surface area contributed by atoms with E-state index in [2.05, 4.69) is 11.9 Å². The molecule has 0 aliphatic carbocycles. The van der Waals surface area contributed by atoms with E-state index in [1.807, 2.05) is 0 Å². The number of carbonyl (C=O) groups is 2. The molecule has 1 aliphatic heterocycles. The van der Waals surface area contributed by atoms with E-state index in [9.17, 15) is 9.59 Å². The van der Waals surface area contributed by atoms with Gasteiger partial charge in [-0.25, -0.2) is 4.79 Å². The molecule has 4 heteroatoms. The number of amides is 1. The van der Waals surface area contributed by atoms with Gasteiger partial charge < -0.3 is 10.1 Å². The third-order valence-corrected chi connectivity index (χ3v) is 2.15. The van der Waals surface area contributed by atoms with Crippen LogP contribution in [-0.4, -0.2) is 11.9 Å². The lowest BCUT2D eigenvalue weighted by Gasteiger charge is -2.07. The fraction of sp³-hybridized carbons (Fsp3) is 0.0909. The number of rotatable bonds is 2. The van der Waals surface area contributed by atoms with Crippen molar-refractivity contribution in [3.63, 3.8) is 0 Å². The van der Waals surface area contributed by atoms with E-state index >= 15 is 0 Å². The van der Waals surface area contributed by atoms with Gasteiger partial charge in [0.2, 0.25) is 5.91 Å². The molecule has 1 aromatic rings. The zero-order valence-corrected chi connectivity index (χ0v) is 7.90. The average molecular weight is 203 g/mol. The minimum Gasteiger partial charge on any atom is -0.424 e. The first-order chi connectivity index (χ1) is 7.22. The summed E-state index contributed by atoms with van der Waals surface area (Å²) in [5.74, 6) is -0.364. The SMILES string of the molecule is C=CC(=O)NC1C(=O)Oc2ccccc21. The highest BCUT2D eigenvalue weighted by atomic mass is 16.5. The minimum absolute atomic E-state index is 0.395. The molecule has 0 radical (unpaired) electrons. The molecule has 0 bridgehead atoms. The Balaban J connectivity index is 2.29. The Morgan fingerprint density at radius 1 is 1.47 bits per heavy atom. The second kappa shape index (κ2) is 3.57. The first-order valence-electron chi connectivity index (χ1n) is 4.46. The zero-order valence-electron chi connectivity index (χ0n) is 7.90. The van der Waals surface area contributed by atoms with Crippen LogP contribution in [0.5, 0.6) is 5.75 Å². The second-order valence-electron chi connectivity index (χ2n) is 3.10. The summed E-state index contributed by atoms with van der Waals surface area (Å²) in [7, 11) is 0. The van der Waals surface area contributed by atoms with Crippen LogP contribution in [0.4, 0.5) is 0 Å². The molecular formula is C11H9NO3. The summed E-state index contributed by atoms with van der Waals surface area (Å²) in [5, 5.41) is 2.50. The summed E-state index contributed by atoms with van der Waals surface area (Å²) >= 11 is 0. The van der Waals surface area contributed by atoms with Crippen LogP contribution in [0.15, 0.2) is 36.9 Å². The molecule has 2 rings (SSSR count). The fourth-order valence-corrected chi connectivity index (χ4v) is 1.44. The quantitative estimate of drug-likeness (QED) is 0.442. The van der Waals surface area contributed by atoms with Gasteiger partial charge in [-0.2, -0.15) is 0 Å². The molecular weight excluding hydrogens is 194 g/mol. The highest BCUT2D eigenvalue weighted by molar-refractivity contribution is 5.94. The van der Waals surface area contributed by atoms with Crippen molar-refractivity contribution in [3.05, 3.63) is 42.5 Å². The lowest BCUT2D eigenvalue weighted by molar-refractivity contribution is -0.136. The van der Waals surface area contributed by atoms with E-state index in [0.29, 0.717) is 11.3 Å². The van der Waals surface area contributed by atoms with Crippen LogP contribution in [0.25, 0.3) is 0 Å². The Kier molecular flexibility index (Phi) is 2.25. The smallest absolute Gasteiger partial charge is 0.338 e. The minimum atomic E-state index is -0.716. The first kappa shape index (κ1) is 9.45. The number of fused-ring (bicyclic) bond motifs is 1. The second-order valence-corrected chi connectivity index (χ2v) is 3.10. The number of benzene rings is 1. The van der Waals surface area contributed by atoms with Crippen molar-refractivity contribution in [2.45, 2.75) is 6.04 Å². The normalized spacial score (nSPS) is 17.9. The Morgan fingerprint density at radius 2 is 2.20 bits per heavy atom. The molecule has 0 aromatic heterocycles. The molecule has 4 nitrogen and oxygen atoms in total. The maximum Gasteiger partial charge on any atom is 0.338 e. The van der Waals surface area contributed by atoms with Gasteiger partial charge in [0.1, 0.15) is 5.75 Å². The van der Waals surface area contributed by atoms with Gasteiger partial charge in [0.25, 0.3) is 0 Å². The summed E-state index contributed by atoms with van der Waals surface area (Å²) in [6.07, 6.45) is 1.12. The largest absolute Gasteiger partial charge is 0.424 e. The number of nitrogens with one attached hydrogen (secondary N) is 1. The summed E-state index contributed by atoms with van der Waals surface area (Å²) in [4.78, 5) is 22.5. The van der Waals surface area contributed by atoms with E-state index in [1.54, 1.807) is 24.3 Å². The third kappa shape index (κ3) is 1.61. The molecule has 0 spiro atoms. The van der Waals surface area contributed by atoms with Crippen LogP contribution in [-0.2, 0) is 9.59 Å². The predicted molar refractivity (Wildman–Crippen MR) is 53.2 cm³/mol. The van der Waals surface area contributed by atoms with Crippen LogP contribution in [0.1, 0.15) is 11.6 Å². The van der Waals surface area contributed by atoms with E-state index in [1.165, 1.54) is 0 Å². The Hall–Kier alpha value is -2.10. The van der Waals surface area contributed by atoms with Crippen molar-refractivity contribution < 1.29 is 14.3 Å². The molecule has 1 aromatic carbocycles. The Bertz CT molecular complexity index is 439. The van der Waals surface area contributed by atoms with Gasteiger partial charge in [0.05, 0.1) is 0 Å². The van der Waals surface area contributed by atoms with Gasteiger partial charge in [-0.05, 0) is 12.1 Å². The number of carbonyl (C=O) groups excluding carboxylic acids is 2. The molecule has 1 N–H and O–H groups in total. The van der Waals surface area contributed by atoms with Crippen molar-refractivity contribution >= 4 is 11.9 Å². The van der Waals surface area contributed by atoms with Gasteiger partial charge in [0.15, 0.2) is 6.04 Å². The monoisotopic (exact) mass is 203 g/mol. The van der Waals surface area contributed by atoms with Crippen LogP contribution in [0.2, 0.25) is 0 Å². The average Bonchev–Trinajstić information content (AvgIpc) is 2.55. The molecule has 1 amide bonds. The Morgan fingerprint density at radius 3 is 2.93 bits per heavy atom. The standard InChI is InChI=1S/C11H9NO3/c1-2-9(13)12-10-7-5-3-4-6-8(7)15-11(10)14/h2-6,10H,1H2,(H,12,13). The van der Waals surface area contributed by atoms with E-state index in [-0.39, 0.29) is 0 Å². The summed E-state index contributed by atoms with van der Waals surface area (Å²) in [6, 6.07) is 6.27. The van der Waals surface area contributed by atoms with Crippen molar-refractivity contribution in [3.8, 4) is 5.75 Å². The summed E-state index contributed by atoms with van der Waals surface area (Å²) in [5.41, 5.74) is 0.678. The first-order valence-corrected chi connectivity index (χ1v) is 4.46. The molecule has 0 saturated carbocycles. The van der Waals surface area contributed by atoms with E-state index < -0.39 is 17.9 Å². The number of hydrogen-bond acceptors (Lipinski definition) is 3. The summed E-state index contributed by atoms with van der Waals surface area (Å²) in [6.45, 7) is 3.32. The van der Waals surface area contributed by atoms with Gasteiger partial charge in [-0.1, -0.05) is 24.8 Å². The van der Waals surface area contributed by atoms with Crippen LogP contribution in [0, 0.1) is 0 Å². The molecule has 15 heavy (non-hydrogen) atoms. The van der Waals surface area contributed by atoms with Gasteiger partial charge >= 0.3 is 5.97 Å². The van der Waals surface area contributed by atoms with Gasteiger partial charge in [0, 0.05) is 5.56 Å². The third-order valence-electron chi connectivity index (χ3n) is 2.15. The maximum absolute atomic E-state index is 11.4. The summed E-state index contributed by atoms with van der Waals surface area (Å²) < 4.78 is 4.98. The lowest BCUT2D eigenvalue weighted by atomic mass is 10.1. The highest BCUT2D eigenvalue weighted by Crippen LogP contribution is 2.32. The number of para-hydroxylation sites is 1. The van der Waals surface area contributed by atoms with Crippen molar-refractivity contribution in [2.24, 2.45) is 0 Å². The topological polar surface area (TPSA) is 55.4 Å². The van der Waals surface area contributed by atoms with Gasteiger partial charge in [-0.3, -0.25) is 4.79 Å². The van der Waals surface area contributed by atoms with Gasteiger partial charge in [-0.15, -0.1) is 0 Å². The predicted octanol–water partition coefficient (Wildman–Crippen LogP) is 0.949. The number of hydrogen-bond donors (Lipinski definition) is 1. The van der Waals surface area contributed by atoms with E-state index in [4.69, 9.17) is 4.74 Å². The van der Waals surface area contributed by atoms with Crippen molar-refractivity contribution in [1.29, 1.82) is 0 Å². The van der Waals surface area contributed by atoms with Crippen LogP contribution in [0.3, 0.4) is 0 Å². The zero-order chi connectivity index (χ0) is 10.8. The molecule has 0 saturated heterocycles. The van der Waals surface area contributed by atoms with E-state index in [0.717, 1.165) is 6.08 Å². The highest BCUT2D eigenvalue weighted by Gasteiger charge is 2.33. The molecule has 1 unspecified atom stereocenters. The Labute approximate surface area is 86.5 Å². The van der Waals surface area contributed by atoms with Crippen molar-refractivity contribution in [2.75, 3.05) is 0 Å². The molecule has 76 valence electrons. The molecule has 1 atom stereocenters. The van der Waals surface area contributed by atoms with Crippen LogP contribution >= 0.6 is 0 Å². The lowest BCUT2D eigenvalue weighted by Crippen LogP contribution is -2.31. The number of esters is 1. The molecule has 0 fully saturated rings. The molecule has 1 heterocycles.